The standard InChI is InChI=1S/C14H24F3N/c1-11(2,3)9-7-13(14(15,16)17)8-10(13)18(9)12(4,5)6/h9-10H,7-8H2,1-6H3/t9-,10?,13+/m0/s1. The Bertz CT molecular complexity index is 348. The second-order valence-corrected chi connectivity index (χ2v) is 8.04. The molecule has 0 amide bonds. The van der Waals surface area contributed by atoms with E-state index in [0.717, 1.165) is 0 Å². The quantitative estimate of drug-likeness (QED) is 0.632. The molecule has 2 rings (SSSR count). The van der Waals surface area contributed by atoms with E-state index in [1.54, 1.807) is 0 Å². The van der Waals surface area contributed by atoms with Gasteiger partial charge in [0.25, 0.3) is 0 Å². The number of hydrogen-bond donors (Lipinski definition) is 0. The molecule has 0 radical (unpaired) electrons. The number of piperidine rings is 1. The fourth-order valence-electron chi connectivity index (χ4n) is 3.61. The second-order valence-electron chi connectivity index (χ2n) is 8.04. The lowest BCUT2D eigenvalue weighted by Gasteiger charge is -2.44. The molecule has 3 atom stereocenters. The highest BCUT2D eigenvalue weighted by Gasteiger charge is 2.78. The maximum absolute atomic E-state index is 13.3. The van der Waals surface area contributed by atoms with Gasteiger partial charge in [0.05, 0.1) is 5.41 Å². The van der Waals surface area contributed by atoms with E-state index in [9.17, 15) is 13.2 Å². The van der Waals surface area contributed by atoms with E-state index in [4.69, 9.17) is 0 Å². The third kappa shape index (κ3) is 1.87. The van der Waals surface area contributed by atoms with Crippen LogP contribution in [0.15, 0.2) is 0 Å². The van der Waals surface area contributed by atoms with Crippen molar-refractivity contribution < 1.29 is 13.2 Å². The Balaban J connectivity index is 2.35. The molecule has 0 spiro atoms. The third-order valence-corrected chi connectivity index (χ3v) is 4.60. The van der Waals surface area contributed by atoms with Gasteiger partial charge < -0.3 is 0 Å². The summed E-state index contributed by atoms with van der Waals surface area (Å²) in [6.07, 6.45) is -3.50. The van der Waals surface area contributed by atoms with E-state index in [0.29, 0.717) is 6.42 Å². The SMILES string of the molecule is CC(C)(C)[C@@H]1C[C@@]2(C(F)(F)F)CC2N1C(C)(C)C. The first-order valence-corrected chi connectivity index (χ1v) is 6.66. The maximum Gasteiger partial charge on any atom is 0.396 e. The molecule has 0 aromatic carbocycles. The Kier molecular flexibility index (Phi) is 2.71. The molecule has 4 heteroatoms. The van der Waals surface area contributed by atoms with E-state index in [2.05, 4.69) is 4.90 Å². The fraction of sp³-hybridized carbons (Fsp3) is 1.00. The first-order valence-electron chi connectivity index (χ1n) is 6.66. The minimum absolute atomic E-state index is 0.0119. The van der Waals surface area contributed by atoms with Gasteiger partial charge in [-0.1, -0.05) is 20.8 Å². The lowest BCUT2D eigenvalue weighted by atomic mass is 9.80. The summed E-state index contributed by atoms with van der Waals surface area (Å²) >= 11 is 0. The van der Waals surface area contributed by atoms with Crippen molar-refractivity contribution in [2.24, 2.45) is 10.8 Å². The summed E-state index contributed by atoms with van der Waals surface area (Å²) in [6.45, 7) is 12.2. The first kappa shape index (κ1) is 14.2. The highest BCUT2D eigenvalue weighted by molar-refractivity contribution is 5.23. The smallest absolute Gasteiger partial charge is 0.291 e. The van der Waals surface area contributed by atoms with Crippen molar-refractivity contribution in [2.75, 3.05) is 0 Å². The van der Waals surface area contributed by atoms with Crippen LogP contribution in [0.2, 0.25) is 0 Å². The van der Waals surface area contributed by atoms with Crippen LogP contribution in [-0.4, -0.2) is 28.7 Å². The zero-order valence-electron chi connectivity index (χ0n) is 12.2. The van der Waals surface area contributed by atoms with E-state index in [1.807, 2.05) is 41.5 Å². The molecule has 0 aromatic rings. The summed E-state index contributed by atoms with van der Waals surface area (Å²) in [7, 11) is 0. The van der Waals surface area contributed by atoms with Crippen molar-refractivity contribution >= 4 is 0 Å². The number of hydrogen-bond acceptors (Lipinski definition) is 1. The minimum Gasteiger partial charge on any atom is -0.291 e. The number of nitrogens with zero attached hydrogens (tertiary/aromatic N) is 1. The van der Waals surface area contributed by atoms with Gasteiger partial charge in [0.1, 0.15) is 0 Å². The van der Waals surface area contributed by atoms with Crippen LogP contribution in [0.3, 0.4) is 0 Å². The average molecular weight is 263 g/mol. The number of fused-ring (bicyclic) bond motifs is 1. The van der Waals surface area contributed by atoms with Crippen molar-refractivity contribution in [1.82, 2.24) is 4.90 Å². The Labute approximate surface area is 108 Å². The van der Waals surface area contributed by atoms with E-state index < -0.39 is 11.6 Å². The monoisotopic (exact) mass is 263 g/mol. The van der Waals surface area contributed by atoms with Crippen LogP contribution in [0, 0.1) is 10.8 Å². The van der Waals surface area contributed by atoms with E-state index in [1.165, 1.54) is 0 Å². The van der Waals surface area contributed by atoms with Crippen molar-refractivity contribution in [1.29, 1.82) is 0 Å². The number of halogens is 3. The van der Waals surface area contributed by atoms with Crippen molar-refractivity contribution in [2.45, 2.75) is 78.2 Å². The Morgan fingerprint density at radius 2 is 1.44 bits per heavy atom. The van der Waals surface area contributed by atoms with Crippen LogP contribution < -0.4 is 0 Å². The number of likely N-dealkylation sites (tertiary alicyclic amines) is 1. The second kappa shape index (κ2) is 3.44. The largest absolute Gasteiger partial charge is 0.396 e. The number of alkyl halides is 3. The van der Waals surface area contributed by atoms with Crippen LogP contribution in [-0.2, 0) is 0 Å². The third-order valence-electron chi connectivity index (χ3n) is 4.60. The molecule has 0 N–H and O–H groups in total. The zero-order valence-corrected chi connectivity index (χ0v) is 12.2. The summed E-state index contributed by atoms with van der Waals surface area (Å²) in [4.78, 5) is 2.13. The molecule has 0 bridgehead atoms. The number of rotatable bonds is 0. The predicted molar refractivity (Wildman–Crippen MR) is 66.3 cm³/mol. The molecule has 18 heavy (non-hydrogen) atoms. The summed E-state index contributed by atoms with van der Waals surface area (Å²) in [6, 6.07) is -0.292. The molecular formula is C14H24F3N. The van der Waals surface area contributed by atoms with E-state index in [-0.39, 0.29) is 29.5 Å². The topological polar surface area (TPSA) is 3.24 Å². The molecule has 1 unspecified atom stereocenters. The summed E-state index contributed by atoms with van der Waals surface area (Å²) in [5.41, 5.74) is -1.73. The molecular weight excluding hydrogens is 239 g/mol. The summed E-state index contributed by atoms with van der Waals surface area (Å²) in [5.74, 6) is 0. The molecule has 1 aliphatic heterocycles. The minimum atomic E-state index is -4.05. The van der Waals surface area contributed by atoms with Crippen LogP contribution >= 0.6 is 0 Å². The summed E-state index contributed by atoms with van der Waals surface area (Å²) in [5, 5.41) is 0. The molecule has 2 fully saturated rings. The van der Waals surface area contributed by atoms with Crippen LogP contribution in [0.25, 0.3) is 0 Å². The van der Waals surface area contributed by atoms with Crippen LogP contribution in [0.5, 0.6) is 0 Å². The Morgan fingerprint density at radius 3 is 1.72 bits per heavy atom. The molecule has 106 valence electrons. The molecule has 0 aromatic heterocycles. The van der Waals surface area contributed by atoms with Gasteiger partial charge in [-0.15, -0.1) is 0 Å². The highest BCUT2D eigenvalue weighted by atomic mass is 19.4. The lowest BCUT2D eigenvalue weighted by Crippen LogP contribution is -2.51. The van der Waals surface area contributed by atoms with Crippen LogP contribution in [0.1, 0.15) is 54.4 Å². The van der Waals surface area contributed by atoms with Gasteiger partial charge in [0.15, 0.2) is 0 Å². The Morgan fingerprint density at radius 1 is 0.944 bits per heavy atom. The molecule has 2 aliphatic rings. The van der Waals surface area contributed by atoms with Gasteiger partial charge in [-0.3, -0.25) is 4.90 Å². The van der Waals surface area contributed by atoms with Gasteiger partial charge in [0, 0.05) is 17.6 Å². The predicted octanol–water partition coefficient (Wildman–Crippen LogP) is 4.23. The van der Waals surface area contributed by atoms with Gasteiger partial charge in [0.2, 0.25) is 0 Å². The first-order chi connectivity index (χ1) is 7.81. The Hall–Kier alpha value is -0.250. The van der Waals surface area contributed by atoms with Crippen molar-refractivity contribution in [3.8, 4) is 0 Å². The van der Waals surface area contributed by atoms with Gasteiger partial charge >= 0.3 is 6.18 Å². The molecule has 1 nitrogen and oxygen atoms in total. The van der Waals surface area contributed by atoms with E-state index >= 15 is 0 Å². The normalized spacial score (nSPS) is 37.8. The lowest BCUT2D eigenvalue weighted by molar-refractivity contribution is -0.187. The maximum atomic E-state index is 13.3. The van der Waals surface area contributed by atoms with Gasteiger partial charge in [-0.2, -0.15) is 13.2 Å². The molecule has 1 saturated carbocycles. The molecule has 1 aliphatic carbocycles. The highest BCUT2D eigenvalue weighted by Crippen LogP contribution is 2.70. The molecule has 1 saturated heterocycles. The van der Waals surface area contributed by atoms with Gasteiger partial charge in [-0.05, 0) is 39.0 Å². The zero-order chi connectivity index (χ0) is 14.1. The van der Waals surface area contributed by atoms with Gasteiger partial charge in [-0.25, -0.2) is 0 Å². The molecule has 1 heterocycles. The fourth-order valence-corrected chi connectivity index (χ4v) is 3.61. The summed E-state index contributed by atoms with van der Waals surface area (Å²) < 4.78 is 39.8. The van der Waals surface area contributed by atoms with Crippen molar-refractivity contribution in [3.05, 3.63) is 0 Å². The average Bonchev–Trinajstić information content (AvgIpc) is 2.67. The van der Waals surface area contributed by atoms with Crippen molar-refractivity contribution in [3.63, 3.8) is 0 Å². The van der Waals surface area contributed by atoms with Crippen LogP contribution in [0.4, 0.5) is 13.2 Å².